The zero-order chi connectivity index (χ0) is 13.0. The van der Waals surface area contributed by atoms with Gasteiger partial charge in [0.15, 0.2) is 0 Å². The number of aliphatic carboxylic acids is 1. The molecule has 1 N–H and O–H groups in total. The Labute approximate surface area is 155 Å². The van der Waals surface area contributed by atoms with E-state index in [4.69, 9.17) is 5.11 Å². The van der Waals surface area contributed by atoms with E-state index in [9.17, 15) is 4.79 Å². The normalized spacial score (nSPS) is 18.5. The van der Waals surface area contributed by atoms with Crippen molar-refractivity contribution < 1.29 is 56.4 Å². The minimum Gasteiger partial charge on any atom is -1.00 e. The molecule has 0 heterocycles. The van der Waals surface area contributed by atoms with E-state index in [-0.39, 0.29) is 53.0 Å². The van der Waals surface area contributed by atoms with Crippen LogP contribution in [0.1, 0.15) is 64.7 Å². The molecular formula is C16H23Cl2O2Ti. The van der Waals surface area contributed by atoms with Crippen LogP contribution in [-0.4, -0.2) is 11.1 Å². The summed E-state index contributed by atoms with van der Waals surface area (Å²) in [5, 5.41) is 7.72. The maximum Gasteiger partial charge on any atom is 3.00 e. The van der Waals surface area contributed by atoms with Gasteiger partial charge in [0.2, 0.25) is 0 Å². The van der Waals surface area contributed by atoms with Crippen LogP contribution in [0, 0.1) is 6.42 Å². The summed E-state index contributed by atoms with van der Waals surface area (Å²) < 4.78 is 0. The minimum atomic E-state index is -0.745. The van der Waals surface area contributed by atoms with Gasteiger partial charge in [-0.1, -0.05) is 31.8 Å². The summed E-state index contributed by atoms with van der Waals surface area (Å²) in [5.74, 6) is -0.745. The van der Waals surface area contributed by atoms with Crippen LogP contribution in [0.3, 0.4) is 0 Å². The first-order chi connectivity index (χ1) is 8.72. The monoisotopic (exact) mass is 365 g/mol. The zero-order valence-electron chi connectivity index (χ0n) is 12.6. The number of carbonyl (C=O) groups is 1. The Kier molecular flexibility index (Phi) is 13.0. The number of rotatable bonds is 1. The Morgan fingerprint density at radius 3 is 2.29 bits per heavy atom. The number of carboxylic acid groups (broad SMARTS) is 1. The Morgan fingerprint density at radius 1 is 1.10 bits per heavy atom. The summed E-state index contributed by atoms with van der Waals surface area (Å²) in [7, 11) is 0. The summed E-state index contributed by atoms with van der Waals surface area (Å²) in [5.41, 5.74) is 7.06. The van der Waals surface area contributed by atoms with E-state index in [1.54, 1.807) is 29.2 Å². The first-order valence-corrected chi connectivity index (χ1v) is 7.20. The molecule has 0 spiro atoms. The summed E-state index contributed by atoms with van der Waals surface area (Å²) in [6.07, 6.45) is 13.8. The van der Waals surface area contributed by atoms with Gasteiger partial charge in [0.1, 0.15) is 0 Å². The fourth-order valence-electron chi connectivity index (χ4n) is 3.12. The van der Waals surface area contributed by atoms with Crippen molar-refractivity contribution in [3.63, 3.8) is 0 Å². The second-order valence-electron chi connectivity index (χ2n) is 5.31. The molecule has 2 nitrogen and oxygen atoms in total. The number of carboxylic acids is 1. The van der Waals surface area contributed by atoms with E-state index in [1.165, 1.54) is 51.4 Å². The van der Waals surface area contributed by atoms with E-state index in [1.807, 2.05) is 0 Å². The number of hydrogen-bond donors (Lipinski definition) is 1. The molecule has 0 aromatic rings. The summed E-state index contributed by atoms with van der Waals surface area (Å²) in [4.78, 5) is 9.37. The molecular weight excluding hydrogens is 343 g/mol. The molecule has 21 heavy (non-hydrogen) atoms. The summed E-state index contributed by atoms with van der Waals surface area (Å²) >= 11 is 0. The zero-order valence-corrected chi connectivity index (χ0v) is 15.6. The predicted molar refractivity (Wildman–Crippen MR) is 73.2 cm³/mol. The second-order valence-corrected chi connectivity index (χ2v) is 5.31. The van der Waals surface area contributed by atoms with Gasteiger partial charge < -0.3 is 29.9 Å². The Bertz CT molecular complexity index is 373. The number of halogens is 2. The standard InChI is InChI=1S/C13H17.C3H6O2.2ClH.Ti/c1-3-7-12-10(5-1)9-11-6-2-4-8-13(11)12;1-2-3(4)5;;;/h5H,1-4,6-9H2;2H2,1H3,(H,4,5);2*1H;/q-1;;;;+3/p-2. The molecule has 1 radical (unpaired) electrons. The van der Waals surface area contributed by atoms with E-state index in [0.29, 0.717) is 0 Å². The van der Waals surface area contributed by atoms with Gasteiger partial charge in [-0.25, -0.2) is 12.0 Å². The quantitative estimate of drug-likeness (QED) is 0.450. The minimum absolute atomic E-state index is 0. The van der Waals surface area contributed by atoms with Crippen molar-refractivity contribution in [1.29, 1.82) is 0 Å². The van der Waals surface area contributed by atoms with Crippen LogP contribution >= 0.6 is 0 Å². The molecule has 0 unspecified atom stereocenters. The van der Waals surface area contributed by atoms with Gasteiger partial charge in [0.25, 0.3) is 0 Å². The maximum absolute atomic E-state index is 9.37. The molecule has 0 aromatic heterocycles. The van der Waals surface area contributed by atoms with Gasteiger partial charge in [0.05, 0.1) is 0 Å². The first kappa shape index (κ1) is 23.4. The van der Waals surface area contributed by atoms with Crippen LogP contribution in [0.2, 0.25) is 0 Å². The number of allylic oxidation sites excluding steroid dienone is 4. The SMILES string of the molecule is CCC(=O)O.[CH-]1CCCC2=C1CC1=C2CCCC1.[Cl-].[Cl-].[Ti+3]. The molecule has 3 rings (SSSR count). The molecule has 3 aliphatic carbocycles. The van der Waals surface area contributed by atoms with E-state index < -0.39 is 5.97 Å². The van der Waals surface area contributed by atoms with Gasteiger partial charge in [-0.2, -0.15) is 5.57 Å². The van der Waals surface area contributed by atoms with Crippen molar-refractivity contribution in [2.75, 3.05) is 0 Å². The molecule has 0 atom stereocenters. The van der Waals surface area contributed by atoms with Crippen molar-refractivity contribution >= 4 is 5.97 Å². The molecule has 3 aliphatic rings. The predicted octanol–water partition coefficient (Wildman–Crippen LogP) is -1.57. The van der Waals surface area contributed by atoms with Crippen LogP contribution in [0.5, 0.6) is 0 Å². The van der Waals surface area contributed by atoms with Crippen LogP contribution in [0.15, 0.2) is 22.3 Å². The molecule has 0 amide bonds. The first-order valence-electron chi connectivity index (χ1n) is 7.20. The van der Waals surface area contributed by atoms with E-state index in [2.05, 4.69) is 6.42 Å². The van der Waals surface area contributed by atoms with Crippen molar-refractivity contribution in [2.45, 2.75) is 64.7 Å². The molecule has 0 aromatic carbocycles. The van der Waals surface area contributed by atoms with Gasteiger partial charge in [-0.05, 0) is 25.7 Å². The average molecular weight is 366 g/mol. The van der Waals surface area contributed by atoms with Crippen molar-refractivity contribution in [3.8, 4) is 0 Å². The molecule has 0 aliphatic heterocycles. The third kappa shape index (κ3) is 6.40. The molecule has 117 valence electrons. The van der Waals surface area contributed by atoms with Crippen LogP contribution in [0.25, 0.3) is 0 Å². The van der Waals surface area contributed by atoms with Crippen LogP contribution in [0.4, 0.5) is 0 Å². The third-order valence-corrected chi connectivity index (χ3v) is 4.06. The van der Waals surface area contributed by atoms with Gasteiger partial charge >= 0.3 is 27.7 Å². The topological polar surface area (TPSA) is 37.3 Å². The van der Waals surface area contributed by atoms with Crippen molar-refractivity contribution in [3.05, 3.63) is 28.7 Å². The summed E-state index contributed by atoms with van der Waals surface area (Å²) in [6, 6.07) is 0. The average Bonchev–Trinajstić information content (AvgIpc) is 2.78. The molecule has 5 heteroatoms. The molecule has 0 saturated carbocycles. The fraction of sp³-hybridized carbons (Fsp3) is 0.625. The maximum atomic E-state index is 9.37. The van der Waals surface area contributed by atoms with Crippen molar-refractivity contribution in [2.24, 2.45) is 0 Å². The van der Waals surface area contributed by atoms with Crippen LogP contribution in [-0.2, 0) is 26.5 Å². The Hall–Kier alpha value is 0.114. The molecule has 0 fully saturated rings. The smallest absolute Gasteiger partial charge is 1.00 e. The van der Waals surface area contributed by atoms with Gasteiger partial charge in [-0.15, -0.1) is 12.0 Å². The largest absolute Gasteiger partial charge is 3.00 e. The van der Waals surface area contributed by atoms with E-state index in [0.717, 1.165) is 0 Å². The summed E-state index contributed by atoms with van der Waals surface area (Å²) in [6.45, 7) is 1.60. The number of fused-ring (bicyclic) bond motifs is 1. The fourth-order valence-corrected chi connectivity index (χ4v) is 3.12. The number of hydrogen-bond acceptors (Lipinski definition) is 1. The molecule has 0 saturated heterocycles. The Balaban J connectivity index is 0. The molecule has 0 bridgehead atoms. The van der Waals surface area contributed by atoms with Crippen molar-refractivity contribution in [1.82, 2.24) is 0 Å². The Morgan fingerprint density at radius 2 is 1.67 bits per heavy atom. The van der Waals surface area contributed by atoms with Gasteiger partial charge in [0, 0.05) is 6.42 Å². The second kappa shape index (κ2) is 11.7. The van der Waals surface area contributed by atoms with Crippen LogP contribution < -0.4 is 24.8 Å². The third-order valence-electron chi connectivity index (χ3n) is 4.06. The van der Waals surface area contributed by atoms with Gasteiger partial charge in [-0.3, -0.25) is 4.79 Å². The van der Waals surface area contributed by atoms with E-state index >= 15 is 0 Å².